The van der Waals surface area contributed by atoms with E-state index in [9.17, 15) is 0 Å². The first kappa shape index (κ1) is 13.3. The molecule has 0 aliphatic carbocycles. The molecule has 23 heavy (non-hydrogen) atoms. The Labute approximate surface area is 131 Å². The van der Waals surface area contributed by atoms with Crippen molar-refractivity contribution in [2.45, 2.75) is 0 Å². The molecule has 0 radical (unpaired) electrons. The number of H-pyrrole nitrogens is 1. The van der Waals surface area contributed by atoms with Crippen LogP contribution in [-0.2, 0) is 0 Å². The number of nitrogens with one attached hydrogen (secondary N) is 1. The number of ether oxygens (including phenoxy) is 2. The van der Waals surface area contributed by atoms with Gasteiger partial charge in [-0.25, -0.2) is 4.98 Å². The van der Waals surface area contributed by atoms with Gasteiger partial charge in [0.2, 0.25) is 5.88 Å². The maximum atomic E-state index is 5.78. The van der Waals surface area contributed by atoms with Crippen LogP contribution in [0.2, 0.25) is 0 Å². The Kier molecular flexibility index (Phi) is 3.32. The second-order valence-electron chi connectivity index (χ2n) is 4.80. The fourth-order valence-electron chi connectivity index (χ4n) is 2.13. The third kappa shape index (κ3) is 2.82. The van der Waals surface area contributed by atoms with Gasteiger partial charge in [-0.05, 0) is 36.4 Å². The molecule has 0 fully saturated rings. The molecule has 2 aromatic carbocycles. The van der Waals surface area contributed by atoms with Gasteiger partial charge in [0.1, 0.15) is 34.6 Å². The molecule has 2 heterocycles. The molecule has 0 aliphatic rings. The molecule has 0 unspecified atom stereocenters. The third-order valence-electron chi connectivity index (χ3n) is 3.22. The molecule has 6 nitrogen and oxygen atoms in total. The fraction of sp³-hybridized carbons (Fsp3) is 0. The van der Waals surface area contributed by atoms with Gasteiger partial charge >= 0.3 is 0 Å². The average molecular weight is 304 g/mol. The first-order valence-electron chi connectivity index (χ1n) is 7.03. The number of para-hydroxylation sites is 1. The van der Waals surface area contributed by atoms with Crippen molar-refractivity contribution in [3.8, 4) is 23.1 Å². The van der Waals surface area contributed by atoms with Crippen molar-refractivity contribution in [3.63, 3.8) is 0 Å². The van der Waals surface area contributed by atoms with Crippen LogP contribution < -0.4 is 9.47 Å². The maximum Gasteiger partial charge on any atom is 0.248 e. The lowest BCUT2D eigenvalue weighted by atomic mass is 10.3. The maximum absolute atomic E-state index is 5.78. The molecule has 0 amide bonds. The molecule has 0 saturated carbocycles. The first-order chi connectivity index (χ1) is 11.4. The number of benzene rings is 2. The van der Waals surface area contributed by atoms with Gasteiger partial charge in [-0.3, -0.25) is 5.10 Å². The smallest absolute Gasteiger partial charge is 0.248 e. The average Bonchev–Trinajstić information content (AvgIpc) is 3.07. The molecule has 1 N–H and O–H groups in total. The molecule has 112 valence electrons. The van der Waals surface area contributed by atoms with Crippen LogP contribution in [-0.4, -0.2) is 20.2 Å². The van der Waals surface area contributed by atoms with Gasteiger partial charge in [-0.15, -0.1) is 0 Å². The van der Waals surface area contributed by atoms with E-state index in [1.54, 1.807) is 6.20 Å². The molecule has 0 atom stereocenters. The predicted octanol–water partition coefficient (Wildman–Crippen LogP) is 3.94. The van der Waals surface area contributed by atoms with Crippen molar-refractivity contribution in [2.24, 2.45) is 0 Å². The lowest BCUT2D eigenvalue weighted by molar-refractivity contribution is 0.459. The van der Waals surface area contributed by atoms with E-state index in [4.69, 9.17) is 9.47 Å². The lowest BCUT2D eigenvalue weighted by Crippen LogP contribution is -1.91. The van der Waals surface area contributed by atoms with E-state index in [1.807, 2.05) is 54.6 Å². The van der Waals surface area contributed by atoms with Crippen molar-refractivity contribution in [3.05, 3.63) is 67.1 Å². The van der Waals surface area contributed by atoms with Crippen molar-refractivity contribution < 1.29 is 9.47 Å². The van der Waals surface area contributed by atoms with E-state index in [1.165, 1.54) is 6.33 Å². The van der Waals surface area contributed by atoms with Crippen LogP contribution in [0, 0.1) is 0 Å². The highest BCUT2D eigenvalue weighted by molar-refractivity contribution is 5.78. The summed E-state index contributed by atoms with van der Waals surface area (Å²) in [5, 5.41) is 6.76. The predicted molar refractivity (Wildman–Crippen MR) is 84.7 cm³/mol. The molecule has 4 aromatic rings. The Bertz CT molecular complexity index is 920. The highest BCUT2D eigenvalue weighted by Gasteiger charge is 2.08. The largest absolute Gasteiger partial charge is 0.457 e. The summed E-state index contributed by atoms with van der Waals surface area (Å²) < 4.78 is 11.5. The summed E-state index contributed by atoms with van der Waals surface area (Å²) in [6.07, 6.45) is 3.07. The summed E-state index contributed by atoms with van der Waals surface area (Å²) in [5.74, 6) is 2.61. The molecule has 0 bridgehead atoms. The zero-order valence-corrected chi connectivity index (χ0v) is 12.0. The SMILES string of the molecule is c1ccc(Oc2ccc(Oc3ncnc4cn[nH]c34)cc2)cc1. The van der Waals surface area contributed by atoms with E-state index in [0.717, 1.165) is 11.5 Å². The van der Waals surface area contributed by atoms with Crippen LogP contribution in [0.4, 0.5) is 0 Å². The summed E-state index contributed by atoms with van der Waals surface area (Å²) in [5.41, 5.74) is 1.37. The van der Waals surface area contributed by atoms with E-state index < -0.39 is 0 Å². The minimum Gasteiger partial charge on any atom is -0.457 e. The van der Waals surface area contributed by atoms with Crippen molar-refractivity contribution in [2.75, 3.05) is 0 Å². The first-order valence-corrected chi connectivity index (χ1v) is 7.03. The highest BCUT2D eigenvalue weighted by atomic mass is 16.5. The van der Waals surface area contributed by atoms with E-state index in [0.29, 0.717) is 22.7 Å². The van der Waals surface area contributed by atoms with Crippen molar-refractivity contribution >= 4 is 11.0 Å². The topological polar surface area (TPSA) is 72.9 Å². The van der Waals surface area contributed by atoms with Gasteiger partial charge in [0.15, 0.2) is 0 Å². The standard InChI is InChI=1S/C17H12N4O2/c1-2-4-12(5-3-1)22-13-6-8-14(9-7-13)23-17-16-15(10-20-21-16)18-11-19-17/h1-11H,(H,20,21). The highest BCUT2D eigenvalue weighted by Crippen LogP contribution is 2.28. The van der Waals surface area contributed by atoms with Gasteiger partial charge in [0.05, 0.1) is 6.20 Å². The van der Waals surface area contributed by atoms with Gasteiger partial charge in [-0.1, -0.05) is 18.2 Å². The van der Waals surface area contributed by atoms with Gasteiger partial charge in [0, 0.05) is 0 Å². The van der Waals surface area contributed by atoms with E-state index >= 15 is 0 Å². The zero-order valence-electron chi connectivity index (χ0n) is 12.0. The zero-order chi connectivity index (χ0) is 15.5. The van der Waals surface area contributed by atoms with Crippen molar-refractivity contribution in [1.29, 1.82) is 0 Å². The second-order valence-corrected chi connectivity index (χ2v) is 4.80. The summed E-state index contributed by atoms with van der Waals surface area (Å²) in [6.45, 7) is 0. The Hall–Kier alpha value is -3.41. The normalized spacial score (nSPS) is 10.6. The van der Waals surface area contributed by atoms with Crippen molar-refractivity contribution in [1.82, 2.24) is 20.2 Å². The minimum absolute atomic E-state index is 0.434. The van der Waals surface area contributed by atoms with Crippen LogP contribution >= 0.6 is 0 Å². The molecule has 2 aromatic heterocycles. The molecule has 0 spiro atoms. The molecule has 4 rings (SSSR count). The van der Waals surface area contributed by atoms with Crippen LogP contribution in [0.25, 0.3) is 11.0 Å². The third-order valence-corrected chi connectivity index (χ3v) is 3.22. The number of fused-ring (bicyclic) bond motifs is 1. The summed E-state index contributed by atoms with van der Waals surface area (Å²) in [4.78, 5) is 8.23. The van der Waals surface area contributed by atoms with Crippen LogP contribution in [0.1, 0.15) is 0 Å². The summed E-state index contributed by atoms with van der Waals surface area (Å²) in [7, 11) is 0. The quantitative estimate of drug-likeness (QED) is 0.618. The number of hydrogen-bond acceptors (Lipinski definition) is 5. The second kappa shape index (κ2) is 5.76. The fourth-order valence-corrected chi connectivity index (χ4v) is 2.13. The Balaban J connectivity index is 1.53. The molecule has 0 aliphatic heterocycles. The van der Waals surface area contributed by atoms with Crippen LogP contribution in [0.15, 0.2) is 67.1 Å². The monoisotopic (exact) mass is 304 g/mol. The number of hydrogen-bond donors (Lipinski definition) is 1. The Morgan fingerprint density at radius 1 is 0.739 bits per heavy atom. The molecule has 0 saturated heterocycles. The molecular formula is C17H12N4O2. The minimum atomic E-state index is 0.434. The summed E-state index contributed by atoms with van der Waals surface area (Å²) >= 11 is 0. The summed E-state index contributed by atoms with van der Waals surface area (Å²) in [6, 6.07) is 16.9. The Morgan fingerprint density at radius 3 is 2.22 bits per heavy atom. The van der Waals surface area contributed by atoms with Crippen LogP contribution in [0.3, 0.4) is 0 Å². The Morgan fingerprint density at radius 2 is 1.43 bits per heavy atom. The lowest BCUT2D eigenvalue weighted by Gasteiger charge is -2.07. The van der Waals surface area contributed by atoms with Crippen LogP contribution in [0.5, 0.6) is 23.1 Å². The number of aromatic amines is 1. The number of rotatable bonds is 4. The number of aromatic nitrogens is 4. The van der Waals surface area contributed by atoms with E-state index in [2.05, 4.69) is 20.2 Å². The van der Waals surface area contributed by atoms with Gasteiger partial charge in [0.25, 0.3) is 0 Å². The molecule has 6 heteroatoms. The van der Waals surface area contributed by atoms with E-state index in [-0.39, 0.29) is 0 Å². The van der Waals surface area contributed by atoms with Gasteiger partial charge in [-0.2, -0.15) is 10.1 Å². The van der Waals surface area contributed by atoms with Gasteiger partial charge < -0.3 is 9.47 Å². The molecular weight excluding hydrogens is 292 g/mol. The number of nitrogens with zero attached hydrogens (tertiary/aromatic N) is 3.